The zero-order chi connectivity index (χ0) is 23.4. The fourth-order valence-electron chi connectivity index (χ4n) is 6.08. The van der Waals surface area contributed by atoms with E-state index in [1.165, 1.54) is 18.2 Å². The Hall–Kier alpha value is -3.02. The molecule has 0 amide bonds. The smallest absolute Gasteiger partial charge is 0.162 e. The molecule has 6 heteroatoms. The number of benzene rings is 1. The number of hydrogen-bond acceptors (Lipinski definition) is 4. The Balaban J connectivity index is 1.63. The zero-order valence-corrected chi connectivity index (χ0v) is 19.2. The predicted molar refractivity (Wildman–Crippen MR) is 122 cm³/mol. The fraction of sp³-hybridized carbons (Fsp3) is 0.407. The van der Waals surface area contributed by atoms with E-state index in [0.29, 0.717) is 12.0 Å². The third-order valence-electron chi connectivity index (χ3n) is 7.88. The van der Waals surface area contributed by atoms with Crippen molar-refractivity contribution >= 4 is 5.78 Å². The standard InChI is InChI=1S/C27H27F2N3O/c1-4-5-9-22(33)16-11-13-30-23(14-16)27-12-10-18(26(27,2)3)17-15-21(31-32-25(17)27)24-19(28)7-6-8-20(24)29/h6-8,11,13-15,18H,4-5,9-10,12H2,1-3H3/t18-,27-/m0/s1. The van der Waals surface area contributed by atoms with E-state index in [1.54, 1.807) is 18.3 Å². The van der Waals surface area contributed by atoms with Crippen molar-refractivity contribution in [2.24, 2.45) is 5.41 Å². The van der Waals surface area contributed by atoms with Crippen LogP contribution in [0.1, 0.15) is 86.1 Å². The van der Waals surface area contributed by atoms with Crippen LogP contribution < -0.4 is 0 Å². The molecule has 0 aliphatic heterocycles. The summed E-state index contributed by atoms with van der Waals surface area (Å²) < 4.78 is 28.9. The first-order valence-electron chi connectivity index (χ1n) is 11.6. The molecule has 4 nitrogen and oxygen atoms in total. The van der Waals surface area contributed by atoms with Crippen molar-refractivity contribution in [2.75, 3.05) is 0 Å². The minimum Gasteiger partial charge on any atom is -0.294 e. The molecule has 2 heterocycles. The molecule has 170 valence electrons. The summed E-state index contributed by atoms with van der Waals surface area (Å²) in [4.78, 5) is 17.4. The van der Waals surface area contributed by atoms with Gasteiger partial charge in [0.2, 0.25) is 0 Å². The lowest BCUT2D eigenvalue weighted by molar-refractivity contribution is 0.0979. The van der Waals surface area contributed by atoms with Crippen molar-refractivity contribution in [2.45, 2.75) is 64.2 Å². The van der Waals surface area contributed by atoms with Crippen molar-refractivity contribution in [3.8, 4) is 11.3 Å². The molecule has 5 rings (SSSR count). The number of halogens is 2. The highest BCUT2D eigenvalue weighted by molar-refractivity contribution is 5.96. The van der Waals surface area contributed by atoms with Crippen molar-refractivity contribution in [1.82, 2.24) is 15.2 Å². The van der Waals surface area contributed by atoms with E-state index in [0.717, 1.165) is 42.6 Å². The molecular formula is C27H27F2N3O. The number of fused-ring (bicyclic) bond motifs is 5. The van der Waals surface area contributed by atoms with Crippen LogP contribution in [0.2, 0.25) is 0 Å². The monoisotopic (exact) mass is 447 g/mol. The maximum absolute atomic E-state index is 14.4. The summed E-state index contributed by atoms with van der Waals surface area (Å²) in [6, 6.07) is 9.31. The molecule has 33 heavy (non-hydrogen) atoms. The minimum atomic E-state index is -0.652. The number of Topliss-reactive ketones (excluding diaryl/α,β-unsaturated/α-hetero) is 1. The normalized spacial score (nSPS) is 22.4. The first kappa shape index (κ1) is 21.8. The van der Waals surface area contributed by atoms with Crippen LogP contribution in [0.15, 0.2) is 42.6 Å². The summed E-state index contributed by atoms with van der Waals surface area (Å²) in [6.45, 7) is 6.47. The molecule has 1 fully saturated rings. The third kappa shape index (κ3) is 3.06. The fourth-order valence-corrected chi connectivity index (χ4v) is 6.08. The summed E-state index contributed by atoms with van der Waals surface area (Å²) >= 11 is 0. The minimum absolute atomic E-state index is 0.124. The Kier molecular flexibility index (Phi) is 5.15. The first-order chi connectivity index (χ1) is 15.8. The van der Waals surface area contributed by atoms with Gasteiger partial charge >= 0.3 is 0 Å². The van der Waals surface area contributed by atoms with Crippen LogP contribution in [0.4, 0.5) is 8.78 Å². The van der Waals surface area contributed by atoms with Crippen molar-refractivity contribution < 1.29 is 13.6 Å². The Morgan fingerprint density at radius 2 is 1.88 bits per heavy atom. The van der Waals surface area contributed by atoms with Gasteiger partial charge in [-0.2, -0.15) is 5.10 Å². The van der Waals surface area contributed by atoms with Crippen LogP contribution in [0.5, 0.6) is 0 Å². The molecule has 3 aromatic rings. The molecule has 2 aliphatic rings. The Morgan fingerprint density at radius 1 is 1.12 bits per heavy atom. The van der Waals surface area contributed by atoms with Crippen molar-refractivity contribution in [3.05, 3.63) is 76.7 Å². The third-order valence-corrected chi connectivity index (χ3v) is 7.88. The number of rotatable bonds is 6. The number of unbranched alkanes of at least 4 members (excludes halogenated alkanes) is 1. The number of hydrogen-bond donors (Lipinski definition) is 0. The molecule has 0 unspecified atom stereocenters. The maximum Gasteiger partial charge on any atom is 0.162 e. The molecule has 2 aliphatic carbocycles. The van der Waals surface area contributed by atoms with Gasteiger partial charge in [-0.3, -0.25) is 9.78 Å². The van der Waals surface area contributed by atoms with E-state index in [9.17, 15) is 13.6 Å². The highest BCUT2D eigenvalue weighted by Gasteiger charge is 2.65. The lowest BCUT2D eigenvalue weighted by atomic mass is 9.66. The van der Waals surface area contributed by atoms with Gasteiger partial charge in [0.05, 0.1) is 28.1 Å². The molecule has 2 aromatic heterocycles. The molecule has 1 saturated carbocycles. The molecule has 0 radical (unpaired) electrons. The average Bonchev–Trinajstić information content (AvgIpc) is 3.18. The van der Waals surface area contributed by atoms with E-state index in [1.807, 2.05) is 6.07 Å². The van der Waals surface area contributed by atoms with Crippen LogP contribution in [0, 0.1) is 17.0 Å². The Morgan fingerprint density at radius 3 is 2.61 bits per heavy atom. The van der Waals surface area contributed by atoms with Gasteiger partial charge in [-0.15, -0.1) is 5.10 Å². The summed E-state index contributed by atoms with van der Waals surface area (Å²) in [5.74, 6) is -1.01. The molecule has 1 aromatic carbocycles. The predicted octanol–water partition coefficient (Wildman–Crippen LogP) is 6.39. The van der Waals surface area contributed by atoms with Gasteiger partial charge in [0.15, 0.2) is 5.78 Å². The van der Waals surface area contributed by atoms with Crippen LogP contribution in [0.25, 0.3) is 11.3 Å². The van der Waals surface area contributed by atoms with Crippen LogP contribution in [-0.2, 0) is 5.41 Å². The van der Waals surface area contributed by atoms with Gasteiger partial charge in [-0.25, -0.2) is 8.78 Å². The van der Waals surface area contributed by atoms with Crippen LogP contribution in [-0.4, -0.2) is 21.0 Å². The van der Waals surface area contributed by atoms with Crippen molar-refractivity contribution in [1.29, 1.82) is 0 Å². The molecule has 2 atom stereocenters. The molecule has 0 saturated heterocycles. The number of carbonyl (C=O) groups excluding carboxylic acids is 1. The lowest BCUT2D eigenvalue weighted by Crippen LogP contribution is -2.38. The first-order valence-corrected chi connectivity index (χ1v) is 11.6. The highest BCUT2D eigenvalue weighted by Crippen LogP contribution is 2.69. The summed E-state index contributed by atoms with van der Waals surface area (Å²) in [5.41, 5.74) is 2.63. The summed E-state index contributed by atoms with van der Waals surface area (Å²) in [7, 11) is 0. The van der Waals surface area contributed by atoms with Crippen LogP contribution in [0.3, 0.4) is 0 Å². The highest BCUT2D eigenvalue weighted by atomic mass is 19.1. The number of aromatic nitrogens is 3. The number of nitrogens with zero attached hydrogens (tertiary/aromatic N) is 3. The average molecular weight is 448 g/mol. The summed E-state index contributed by atoms with van der Waals surface area (Å²) in [5, 5.41) is 8.83. The topological polar surface area (TPSA) is 55.7 Å². The second-order valence-electron chi connectivity index (χ2n) is 9.80. The summed E-state index contributed by atoms with van der Waals surface area (Å²) in [6.07, 6.45) is 5.82. The molecule has 0 spiro atoms. The number of ketones is 1. The maximum atomic E-state index is 14.4. The van der Waals surface area contributed by atoms with Gasteiger partial charge in [-0.05, 0) is 66.5 Å². The quantitative estimate of drug-likeness (QED) is 0.411. The van der Waals surface area contributed by atoms with Gasteiger partial charge in [-0.1, -0.05) is 33.3 Å². The van der Waals surface area contributed by atoms with E-state index in [2.05, 4.69) is 31.0 Å². The number of carbonyl (C=O) groups is 1. The lowest BCUT2D eigenvalue weighted by Gasteiger charge is -2.37. The molecular weight excluding hydrogens is 420 g/mol. The van der Waals surface area contributed by atoms with E-state index in [4.69, 9.17) is 4.98 Å². The van der Waals surface area contributed by atoms with Gasteiger partial charge in [0, 0.05) is 18.2 Å². The largest absolute Gasteiger partial charge is 0.294 e. The molecule has 2 bridgehead atoms. The SMILES string of the molecule is CCCCC(=O)c1ccnc([C@@]23CC[C@@H](c4cc(-c5c(F)cccc5F)nnc42)C3(C)C)c1. The second kappa shape index (κ2) is 7.79. The van der Waals surface area contributed by atoms with Gasteiger partial charge in [0.1, 0.15) is 11.6 Å². The van der Waals surface area contributed by atoms with Crippen molar-refractivity contribution in [3.63, 3.8) is 0 Å². The number of pyridine rings is 1. The Bertz CT molecular complexity index is 1240. The van der Waals surface area contributed by atoms with Crippen LogP contribution >= 0.6 is 0 Å². The molecule has 0 N–H and O–H groups in total. The second-order valence-corrected chi connectivity index (χ2v) is 9.80. The zero-order valence-electron chi connectivity index (χ0n) is 19.2. The van der Waals surface area contributed by atoms with E-state index in [-0.39, 0.29) is 28.4 Å². The van der Waals surface area contributed by atoms with E-state index >= 15 is 0 Å². The van der Waals surface area contributed by atoms with Gasteiger partial charge in [0.25, 0.3) is 0 Å². The van der Waals surface area contributed by atoms with Gasteiger partial charge < -0.3 is 0 Å². The van der Waals surface area contributed by atoms with E-state index < -0.39 is 17.0 Å². The Labute approximate surface area is 192 Å².